The summed E-state index contributed by atoms with van der Waals surface area (Å²) in [6.07, 6.45) is 2.24. The van der Waals surface area contributed by atoms with E-state index in [0.29, 0.717) is 28.0 Å². The van der Waals surface area contributed by atoms with Gasteiger partial charge in [0.05, 0.1) is 11.5 Å². The predicted octanol–water partition coefficient (Wildman–Crippen LogP) is 2.71. The van der Waals surface area contributed by atoms with E-state index in [0.717, 1.165) is 26.1 Å². The maximum Gasteiger partial charge on any atom is 0.232 e. The summed E-state index contributed by atoms with van der Waals surface area (Å²) in [7, 11) is 1.94. The second-order valence-corrected chi connectivity index (χ2v) is 7.25. The molecule has 0 aromatic heterocycles. The SMILES string of the molecule is CNCC1CCCN(C(=O)CSCC(=O)c2ccc(Cl)cc2)C1. The molecule has 1 aliphatic heterocycles. The number of hydrogen-bond donors (Lipinski definition) is 1. The molecule has 0 bridgehead atoms. The molecular weight excluding hydrogens is 332 g/mol. The number of carbonyl (C=O) groups is 2. The van der Waals surface area contributed by atoms with Gasteiger partial charge in [-0.15, -0.1) is 11.8 Å². The fourth-order valence-electron chi connectivity index (χ4n) is 2.79. The van der Waals surface area contributed by atoms with Gasteiger partial charge in [-0.2, -0.15) is 0 Å². The maximum atomic E-state index is 12.3. The fraction of sp³-hybridized carbons (Fsp3) is 0.529. The minimum Gasteiger partial charge on any atom is -0.342 e. The van der Waals surface area contributed by atoms with Crippen LogP contribution in [0.2, 0.25) is 5.02 Å². The van der Waals surface area contributed by atoms with Crippen molar-refractivity contribution in [2.24, 2.45) is 5.92 Å². The first-order chi connectivity index (χ1) is 11.1. The number of nitrogens with zero attached hydrogens (tertiary/aromatic N) is 1. The zero-order valence-electron chi connectivity index (χ0n) is 13.4. The van der Waals surface area contributed by atoms with E-state index < -0.39 is 0 Å². The quantitative estimate of drug-likeness (QED) is 0.765. The topological polar surface area (TPSA) is 49.4 Å². The first-order valence-electron chi connectivity index (χ1n) is 7.89. The molecule has 0 spiro atoms. The van der Waals surface area contributed by atoms with Crippen molar-refractivity contribution < 1.29 is 9.59 Å². The Labute approximate surface area is 146 Å². The van der Waals surface area contributed by atoms with Crippen molar-refractivity contribution in [2.45, 2.75) is 12.8 Å². The molecular formula is C17H23ClN2O2S. The Kier molecular flexibility index (Phi) is 7.40. The van der Waals surface area contributed by atoms with Gasteiger partial charge in [0.2, 0.25) is 5.91 Å². The van der Waals surface area contributed by atoms with Crippen LogP contribution in [0, 0.1) is 5.92 Å². The minimum absolute atomic E-state index is 0.0335. The molecule has 1 N–H and O–H groups in total. The molecule has 1 heterocycles. The zero-order chi connectivity index (χ0) is 16.7. The maximum absolute atomic E-state index is 12.3. The van der Waals surface area contributed by atoms with Crippen LogP contribution < -0.4 is 5.32 Å². The molecule has 0 radical (unpaired) electrons. The van der Waals surface area contributed by atoms with E-state index in [2.05, 4.69) is 5.32 Å². The molecule has 126 valence electrons. The summed E-state index contributed by atoms with van der Waals surface area (Å²) in [5.74, 6) is 1.40. The molecule has 1 amide bonds. The van der Waals surface area contributed by atoms with Crippen molar-refractivity contribution in [3.63, 3.8) is 0 Å². The van der Waals surface area contributed by atoms with Crippen LogP contribution in [-0.4, -0.2) is 54.8 Å². The van der Waals surface area contributed by atoms with Crippen molar-refractivity contribution in [1.29, 1.82) is 0 Å². The van der Waals surface area contributed by atoms with Crippen LogP contribution in [0.1, 0.15) is 23.2 Å². The number of nitrogens with one attached hydrogen (secondary N) is 1. The molecule has 6 heteroatoms. The summed E-state index contributed by atoms with van der Waals surface area (Å²) in [5, 5.41) is 3.80. The van der Waals surface area contributed by atoms with Gasteiger partial charge in [0.1, 0.15) is 0 Å². The number of likely N-dealkylation sites (tertiary alicyclic amines) is 1. The third-order valence-electron chi connectivity index (χ3n) is 3.99. The first-order valence-corrected chi connectivity index (χ1v) is 9.42. The third kappa shape index (κ3) is 5.83. The van der Waals surface area contributed by atoms with Gasteiger partial charge in [-0.3, -0.25) is 9.59 Å². The number of hydrogen-bond acceptors (Lipinski definition) is 4. The zero-order valence-corrected chi connectivity index (χ0v) is 15.0. The highest BCUT2D eigenvalue weighted by Gasteiger charge is 2.23. The van der Waals surface area contributed by atoms with Crippen molar-refractivity contribution in [3.8, 4) is 0 Å². The molecule has 23 heavy (non-hydrogen) atoms. The summed E-state index contributed by atoms with van der Waals surface area (Å²) in [4.78, 5) is 26.3. The molecule has 2 rings (SSSR count). The Hall–Kier alpha value is -1.04. The Balaban J connectivity index is 1.73. The van der Waals surface area contributed by atoms with Crippen LogP contribution in [0.4, 0.5) is 0 Å². The number of benzene rings is 1. The van der Waals surface area contributed by atoms with Crippen molar-refractivity contribution in [3.05, 3.63) is 34.9 Å². The number of amides is 1. The molecule has 0 aliphatic carbocycles. The van der Waals surface area contributed by atoms with Crippen molar-refractivity contribution in [2.75, 3.05) is 38.2 Å². The lowest BCUT2D eigenvalue weighted by Gasteiger charge is -2.32. The van der Waals surface area contributed by atoms with E-state index in [-0.39, 0.29) is 11.7 Å². The number of halogens is 1. The lowest BCUT2D eigenvalue weighted by Crippen LogP contribution is -2.43. The van der Waals surface area contributed by atoms with E-state index in [1.54, 1.807) is 24.3 Å². The lowest BCUT2D eigenvalue weighted by molar-refractivity contribution is -0.130. The second kappa shape index (κ2) is 9.30. The third-order valence-corrected chi connectivity index (χ3v) is 5.16. The molecule has 1 saturated heterocycles. The number of thioether (sulfide) groups is 1. The number of piperidine rings is 1. The largest absolute Gasteiger partial charge is 0.342 e. The Bertz CT molecular complexity index is 534. The smallest absolute Gasteiger partial charge is 0.232 e. The summed E-state index contributed by atoms with van der Waals surface area (Å²) < 4.78 is 0. The Morgan fingerprint density at radius 1 is 1.30 bits per heavy atom. The second-order valence-electron chi connectivity index (χ2n) is 5.83. The highest BCUT2D eigenvalue weighted by atomic mass is 35.5. The van der Waals surface area contributed by atoms with E-state index >= 15 is 0 Å². The number of ketones is 1. The molecule has 1 aromatic rings. The Morgan fingerprint density at radius 3 is 2.74 bits per heavy atom. The number of rotatable bonds is 7. The molecule has 0 saturated carbocycles. The number of Topliss-reactive ketones (excluding diaryl/α,β-unsaturated/α-hetero) is 1. The van der Waals surface area contributed by atoms with Crippen LogP contribution in [0.15, 0.2) is 24.3 Å². The van der Waals surface area contributed by atoms with Crippen LogP contribution in [0.5, 0.6) is 0 Å². The average molecular weight is 355 g/mol. The van der Waals surface area contributed by atoms with Gasteiger partial charge >= 0.3 is 0 Å². The highest BCUT2D eigenvalue weighted by molar-refractivity contribution is 8.00. The normalized spacial score (nSPS) is 18.0. The van der Waals surface area contributed by atoms with Crippen LogP contribution in [-0.2, 0) is 4.79 Å². The van der Waals surface area contributed by atoms with E-state index in [1.165, 1.54) is 18.2 Å². The van der Waals surface area contributed by atoms with Gasteiger partial charge in [0.25, 0.3) is 0 Å². The van der Waals surface area contributed by atoms with Gasteiger partial charge in [0, 0.05) is 23.7 Å². The van der Waals surface area contributed by atoms with E-state index in [4.69, 9.17) is 11.6 Å². The van der Waals surface area contributed by atoms with Crippen molar-refractivity contribution >= 4 is 35.1 Å². The molecule has 1 atom stereocenters. The monoisotopic (exact) mass is 354 g/mol. The van der Waals surface area contributed by atoms with Crippen LogP contribution in [0.25, 0.3) is 0 Å². The molecule has 1 aliphatic rings. The highest BCUT2D eigenvalue weighted by Crippen LogP contribution is 2.17. The van der Waals surface area contributed by atoms with Crippen molar-refractivity contribution in [1.82, 2.24) is 10.2 Å². The minimum atomic E-state index is 0.0335. The molecule has 1 aromatic carbocycles. The summed E-state index contributed by atoms with van der Waals surface area (Å²) in [5.41, 5.74) is 0.640. The van der Waals surface area contributed by atoms with Crippen LogP contribution >= 0.6 is 23.4 Å². The number of carbonyl (C=O) groups excluding carboxylic acids is 2. The van der Waals surface area contributed by atoms with Gasteiger partial charge in [-0.1, -0.05) is 11.6 Å². The molecule has 4 nitrogen and oxygen atoms in total. The van der Waals surface area contributed by atoms with Gasteiger partial charge in [0.15, 0.2) is 5.78 Å². The van der Waals surface area contributed by atoms with Gasteiger partial charge < -0.3 is 10.2 Å². The predicted molar refractivity (Wildman–Crippen MR) is 96.3 cm³/mol. The van der Waals surface area contributed by atoms with E-state index in [9.17, 15) is 9.59 Å². The summed E-state index contributed by atoms with van der Waals surface area (Å²) >= 11 is 7.20. The Morgan fingerprint density at radius 2 is 2.04 bits per heavy atom. The average Bonchev–Trinajstić information content (AvgIpc) is 2.56. The van der Waals surface area contributed by atoms with Gasteiger partial charge in [-0.05, 0) is 56.6 Å². The summed E-state index contributed by atoms with van der Waals surface area (Å²) in [6.45, 7) is 2.61. The van der Waals surface area contributed by atoms with Gasteiger partial charge in [-0.25, -0.2) is 0 Å². The summed E-state index contributed by atoms with van der Waals surface area (Å²) in [6, 6.07) is 6.86. The molecule has 1 fully saturated rings. The van der Waals surface area contributed by atoms with E-state index in [1.807, 2.05) is 11.9 Å². The van der Waals surface area contributed by atoms with Crippen LogP contribution in [0.3, 0.4) is 0 Å². The standard InChI is InChI=1S/C17H23ClN2O2S/c1-19-9-13-3-2-8-20(10-13)17(22)12-23-11-16(21)14-4-6-15(18)7-5-14/h4-7,13,19H,2-3,8-12H2,1H3. The molecule has 1 unspecified atom stereocenters. The fourth-order valence-corrected chi connectivity index (χ4v) is 3.73. The lowest BCUT2D eigenvalue weighted by atomic mass is 9.98. The first kappa shape index (κ1) is 18.3.